The number of hydrogen-bond acceptors (Lipinski definition) is 0. The van der Waals surface area contributed by atoms with Crippen molar-refractivity contribution in [2.75, 3.05) is 0 Å². The normalized spacial score (nSPS) is 11.0. The summed E-state index contributed by atoms with van der Waals surface area (Å²) in [6.07, 6.45) is 0. The number of hydrogen-bond donors (Lipinski definition) is 0. The average molecular weight is 213 g/mol. The summed E-state index contributed by atoms with van der Waals surface area (Å²) >= 11 is 6.16. The van der Waals surface area contributed by atoms with Crippen molar-refractivity contribution in [1.29, 1.82) is 0 Å². The molecule has 0 aliphatic carbocycles. The molecule has 0 aliphatic rings. The molecule has 3 rings (SSSR count). The Balaban J connectivity index is 2.53. The molecule has 0 saturated heterocycles. The molecule has 0 fully saturated rings. The van der Waals surface area contributed by atoms with Gasteiger partial charge in [0, 0.05) is 10.4 Å². The molecule has 0 atom stereocenters. The van der Waals surface area contributed by atoms with Crippen LogP contribution < -0.4 is 0 Å². The third-order valence-corrected chi connectivity index (χ3v) is 3.02. The number of fused-ring (bicyclic) bond motifs is 2. The minimum absolute atomic E-state index is 0.818. The standard InChI is InChI=1S/C14H9Cl/c15-14-7-3-6-12-8-10-4-1-2-5-11(10)9-13(12)14/h1-9H. The lowest BCUT2D eigenvalue weighted by Crippen LogP contribution is -1.76. The van der Waals surface area contributed by atoms with Crippen molar-refractivity contribution in [2.45, 2.75) is 0 Å². The maximum Gasteiger partial charge on any atom is 0.0484 e. The van der Waals surface area contributed by atoms with Crippen molar-refractivity contribution in [3.63, 3.8) is 0 Å². The molecule has 15 heavy (non-hydrogen) atoms. The van der Waals surface area contributed by atoms with Crippen LogP contribution in [0.1, 0.15) is 0 Å². The van der Waals surface area contributed by atoms with Crippen molar-refractivity contribution in [1.82, 2.24) is 0 Å². The molecule has 0 amide bonds. The van der Waals surface area contributed by atoms with Gasteiger partial charge >= 0.3 is 0 Å². The Kier molecular flexibility index (Phi) is 1.90. The van der Waals surface area contributed by atoms with Crippen LogP contribution in [0.25, 0.3) is 21.5 Å². The Morgan fingerprint density at radius 1 is 0.667 bits per heavy atom. The van der Waals surface area contributed by atoms with Gasteiger partial charge in [-0.05, 0) is 34.4 Å². The largest absolute Gasteiger partial charge is 0.0837 e. The highest BCUT2D eigenvalue weighted by Crippen LogP contribution is 2.27. The van der Waals surface area contributed by atoms with Crippen molar-refractivity contribution in [3.05, 3.63) is 59.6 Å². The van der Waals surface area contributed by atoms with Crippen molar-refractivity contribution >= 4 is 33.1 Å². The van der Waals surface area contributed by atoms with E-state index in [2.05, 4.69) is 36.4 Å². The first-order valence-corrected chi connectivity index (χ1v) is 5.29. The smallest absolute Gasteiger partial charge is 0.0484 e. The molecule has 0 N–H and O–H groups in total. The molecule has 0 unspecified atom stereocenters. The molecule has 0 bridgehead atoms. The highest BCUT2D eigenvalue weighted by molar-refractivity contribution is 6.35. The molecule has 72 valence electrons. The summed E-state index contributed by atoms with van der Waals surface area (Å²) in [7, 11) is 0. The van der Waals surface area contributed by atoms with Gasteiger partial charge in [0.15, 0.2) is 0 Å². The zero-order valence-electron chi connectivity index (χ0n) is 8.07. The molecule has 0 heterocycles. The minimum Gasteiger partial charge on any atom is -0.0837 e. The van der Waals surface area contributed by atoms with Crippen molar-refractivity contribution in [3.8, 4) is 0 Å². The molecule has 0 radical (unpaired) electrons. The van der Waals surface area contributed by atoms with Gasteiger partial charge in [-0.2, -0.15) is 0 Å². The van der Waals surface area contributed by atoms with Crippen LogP contribution in [0.5, 0.6) is 0 Å². The molecule has 0 nitrogen and oxygen atoms in total. The summed E-state index contributed by atoms with van der Waals surface area (Å²) in [4.78, 5) is 0. The monoisotopic (exact) mass is 212 g/mol. The number of benzene rings is 3. The predicted octanol–water partition coefficient (Wildman–Crippen LogP) is 4.65. The van der Waals surface area contributed by atoms with E-state index in [-0.39, 0.29) is 0 Å². The second-order valence-electron chi connectivity index (χ2n) is 3.66. The lowest BCUT2D eigenvalue weighted by molar-refractivity contribution is 1.76. The van der Waals surface area contributed by atoms with E-state index in [0.717, 1.165) is 10.4 Å². The summed E-state index contributed by atoms with van der Waals surface area (Å²) in [6, 6.07) is 18.7. The van der Waals surface area contributed by atoms with Crippen LogP contribution in [0.15, 0.2) is 54.6 Å². The molecule has 3 aromatic rings. The van der Waals surface area contributed by atoms with Gasteiger partial charge in [-0.3, -0.25) is 0 Å². The second-order valence-corrected chi connectivity index (χ2v) is 4.07. The van der Waals surface area contributed by atoms with Crippen LogP contribution in [-0.4, -0.2) is 0 Å². The third kappa shape index (κ3) is 1.38. The zero-order chi connectivity index (χ0) is 10.3. The van der Waals surface area contributed by atoms with Crippen LogP contribution in [0.3, 0.4) is 0 Å². The Morgan fingerprint density at radius 3 is 2.13 bits per heavy atom. The van der Waals surface area contributed by atoms with Gasteiger partial charge in [-0.1, -0.05) is 48.0 Å². The van der Waals surface area contributed by atoms with Gasteiger partial charge in [0.25, 0.3) is 0 Å². The van der Waals surface area contributed by atoms with Gasteiger partial charge in [-0.15, -0.1) is 0 Å². The first-order chi connectivity index (χ1) is 7.34. The Hall–Kier alpha value is -1.53. The first-order valence-electron chi connectivity index (χ1n) is 4.92. The molecule has 1 heteroatoms. The second kappa shape index (κ2) is 3.25. The van der Waals surface area contributed by atoms with E-state index in [1.165, 1.54) is 16.2 Å². The number of halogens is 1. The molecule has 0 spiro atoms. The van der Waals surface area contributed by atoms with E-state index < -0.39 is 0 Å². The van der Waals surface area contributed by atoms with E-state index in [9.17, 15) is 0 Å². The molecule has 3 aromatic carbocycles. The lowest BCUT2D eigenvalue weighted by Gasteiger charge is -2.03. The maximum absolute atomic E-state index is 6.16. The van der Waals surface area contributed by atoms with Crippen molar-refractivity contribution < 1.29 is 0 Å². The van der Waals surface area contributed by atoms with E-state index in [1.807, 2.05) is 18.2 Å². The molecule has 0 saturated carbocycles. The maximum atomic E-state index is 6.16. The minimum atomic E-state index is 0.818. The van der Waals surface area contributed by atoms with Gasteiger partial charge in [0.1, 0.15) is 0 Å². The van der Waals surface area contributed by atoms with E-state index >= 15 is 0 Å². The van der Waals surface area contributed by atoms with E-state index in [0.29, 0.717) is 0 Å². The summed E-state index contributed by atoms with van der Waals surface area (Å²) < 4.78 is 0. The summed E-state index contributed by atoms with van der Waals surface area (Å²) in [5, 5.41) is 5.63. The van der Waals surface area contributed by atoms with Crippen LogP contribution in [0.2, 0.25) is 5.02 Å². The van der Waals surface area contributed by atoms with Crippen LogP contribution in [0, 0.1) is 0 Å². The predicted molar refractivity (Wildman–Crippen MR) is 66.5 cm³/mol. The van der Waals surface area contributed by atoms with Crippen LogP contribution in [0.4, 0.5) is 0 Å². The first kappa shape index (κ1) is 8.75. The van der Waals surface area contributed by atoms with Gasteiger partial charge in [0.05, 0.1) is 0 Å². The van der Waals surface area contributed by atoms with E-state index in [4.69, 9.17) is 11.6 Å². The summed E-state index contributed by atoms with van der Waals surface area (Å²) in [5.41, 5.74) is 0. The van der Waals surface area contributed by atoms with Crippen molar-refractivity contribution in [2.24, 2.45) is 0 Å². The van der Waals surface area contributed by atoms with Gasteiger partial charge in [0.2, 0.25) is 0 Å². The molecular formula is C14H9Cl. The highest BCUT2D eigenvalue weighted by atomic mass is 35.5. The highest BCUT2D eigenvalue weighted by Gasteiger charge is 2.00. The summed E-state index contributed by atoms with van der Waals surface area (Å²) in [5.74, 6) is 0. The SMILES string of the molecule is Clc1cccc2cc3ccccc3cc12. The van der Waals surface area contributed by atoms with Gasteiger partial charge < -0.3 is 0 Å². The topological polar surface area (TPSA) is 0 Å². The zero-order valence-corrected chi connectivity index (χ0v) is 8.83. The van der Waals surface area contributed by atoms with Crippen LogP contribution in [-0.2, 0) is 0 Å². The Labute approximate surface area is 93.1 Å². The van der Waals surface area contributed by atoms with Crippen LogP contribution >= 0.6 is 11.6 Å². The fraction of sp³-hybridized carbons (Fsp3) is 0. The Bertz CT molecular complexity index is 641. The average Bonchev–Trinajstić information content (AvgIpc) is 2.27. The molecular weight excluding hydrogens is 204 g/mol. The summed E-state index contributed by atoms with van der Waals surface area (Å²) in [6.45, 7) is 0. The fourth-order valence-corrected chi connectivity index (χ4v) is 2.17. The lowest BCUT2D eigenvalue weighted by atomic mass is 10.0. The number of rotatable bonds is 0. The Morgan fingerprint density at radius 2 is 1.33 bits per heavy atom. The van der Waals surface area contributed by atoms with E-state index in [1.54, 1.807) is 0 Å². The van der Waals surface area contributed by atoms with Gasteiger partial charge in [-0.25, -0.2) is 0 Å². The third-order valence-electron chi connectivity index (χ3n) is 2.69. The molecule has 0 aliphatic heterocycles. The molecule has 0 aromatic heterocycles. The fourth-order valence-electron chi connectivity index (χ4n) is 1.93. The quantitative estimate of drug-likeness (QED) is 0.476.